The van der Waals surface area contributed by atoms with Crippen LogP contribution in [0.1, 0.15) is 57.4 Å². The maximum absolute atomic E-state index is 5.01. The lowest BCUT2D eigenvalue weighted by atomic mass is 10.0. The molecule has 0 radical (unpaired) electrons. The fraction of sp³-hybridized carbons (Fsp3) is 0.429. The molecular weight excluding hydrogens is 308 g/mol. The van der Waals surface area contributed by atoms with E-state index >= 15 is 0 Å². The second kappa shape index (κ2) is 6.87. The number of aromatic nitrogens is 3. The molecule has 3 heterocycles. The highest BCUT2D eigenvalue weighted by Crippen LogP contribution is 2.32. The van der Waals surface area contributed by atoms with Crippen LogP contribution in [-0.4, -0.2) is 21.0 Å². The third-order valence-electron chi connectivity index (χ3n) is 4.49. The van der Waals surface area contributed by atoms with Gasteiger partial charge in [0.2, 0.25) is 0 Å². The summed E-state index contributed by atoms with van der Waals surface area (Å²) in [5.74, 6) is 1.32. The van der Waals surface area contributed by atoms with Crippen molar-refractivity contribution in [2.45, 2.75) is 59.9 Å². The topological polar surface area (TPSA) is 53.6 Å². The Balaban J connectivity index is 2.23. The molecule has 0 bridgehead atoms. The number of H-pyrrole nitrogens is 1. The van der Waals surface area contributed by atoms with Gasteiger partial charge in [0.05, 0.1) is 16.7 Å². The predicted molar refractivity (Wildman–Crippen MR) is 106 cm³/mol. The van der Waals surface area contributed by atoms with Gasteiger partial charge in [0, 0.05) is 23.5 Å². The minimum atomic E-state index is 0.316. The van der Waals surface area contributed by atoms with E-state index in [2.05, 4.69) is 70.0 Å². The fourth-order valence-electron chi connectivity index (χ4n) is 3.09. The summed E-state index contributed by atoms with van der Waals surface area (Å²) in [6.45, 7) is 12.9. The number of nitrogens with zero attached hydrogens (tertiary/aromatic N) is 2. The average molecular weight is 336 g/mol. The molecule has 0 saturated carbocycles. The van der Waals surface area contributed by atoms with E-state index in [0.717, 1.165) is 40.2 Å². The van der Waals surface area contributed by atoms with Crippen molar-refractivity contribution in [3.05, 3.63) is 41.2 Å². The van der Waals surface area contributed by atoms with Crippen LogP contribution in [0.2, 0.25) is 0 Å². The van der Waals surface area contributed by atoms with E-state index in [1.54, 1.807) is 0 Å². The zero-order chi connectivity index (χ0) is 18.1. The number of hydrogen-bond acceptors (Lipinski definition) is 3. The molecular formula is C21H28N4. The SMILES string of the molecule is CCc1cc2[nH]cc(C)c2nc1-c1ccc(C(C)C)nc1NC(C)C. The monoisotopic (exact) mass is 336 g/mol. The standard InChI is InChI=1S/C21H28N4/c1-7-15-10-18-19(14(6)11-22-18)25-20(15)16-8-9-17(12(2)3)24-21(16)23-13(4)5/h8-13,22H,7H2,1-6H3,(H,23,24). The van der Waals surface area contributed by atoms with Gasteiger partial charge in [-0.15, -0.1) is 0 Å². The van der Waals surface area contributed by atoms with E-state index in [4.69, 9.17) is 9.97 Å². The highest BCUT2D eigenvalue weighted by molar-refractivity contribution is 5.85. The molecule has 2 N–H and O–H groups in total. The van der Waals surface area contributed by atoms with Gasteiger partial charge in [-0.3, -0.25) is 0 Å². The maximum Gasteiger partial charge on any atom is 0.135 e. The third kappa shape index (κ3) is 3.39. The van der Waals surface area contributed by atoms with Gasteiger partial charge in [-0.25, -0.2) is 9.97 Å². The van der Waals surface area contributed by atoms with Crippen molar-refractivity contribution < 1.29 is 0 Å². The summed E-state index contributed by atoms with van der Waals surface area (Å²) in [6.07, 6.45) is 2.96. The van der Waals surface area contributed by atoms with Crippen molar-refractivity contribution in [2.75, 3.05) is 5.32 Å². The molecule has 0 spiro atoms. The molecule has 3 rings (SSSR count). The normalized spacial score (nSPS) is 11.7. The lowest BCUT2D eigenvalue weighted by Crippen LogP contribution is -2.13. The van der Waals surface area contributed by atoms with Crippen molar-refractivity contribution in [1.82, 2.24) is 15.0 Å². The van der Waals surface area contributed by atoms with Crippen LogP contribution in [0, 0.1) is 6.92 Å². The zero-order valence-electron chi connectivity index (χ0n) is 16.1. The van der Waals surface area contributed by atoms with Crippen molar-refractivity contribution in [2.24, 2.45) is 0 Å². The van der Waals surface area contributed by atoms with E-state index in [1.165, 1.54) is 11.1 Å². The molecule has 25 heavy (non-hydrogen) atoms. The van der Waals surface area contributed by atoms with Gasteiger partial charge in [-0.05, 0) is 62.4 Å². The maximum atomic E-state index is 5.01. The van der Waals surface area contributed by atoms with Crippen LogP contribution in [0.25, 0.3) is 22.3 Å². The van der Waals surface area contributed by atoms with Crippen molar-refractivity contribution in [1.29, 1.82) is 0 Å². The molecule has 132 valence electrons. The quantitative estimate of drug-likeness (QED) is 0.652. The van der Waals surface area contributed by atoms with E-state index in [-0.39, 0.29) is 0 Å². The summed E-state index contributed by atoms with van der Waals surface area (Å²) in [5.41, 5.74) is 7.76. The first-order valence-corrected chi connectivity index (χ1v) is 9.16. The summed E-state index contributed by atoms with van der Waals surface area (Å²) in [6, 6.07) is 6.83. The number of nitrogens with one attached hydrogen (secondary N) is 2. The minimum Gasteiger partial charge on any atom is -0.367 e. The van der Waals surface area contributed by atoms with Gasteiger partial charge in [0.25, 0.3) is 0 Å². The highest BCUT2D eigenvalue weighted by Gasteiger charge is 2.16. The molecule has 4 nitrogen and oxygen atoms in total. The Bertz CT molecular complexity index is 890. The predicted octanol–water partition coefficient (Wildman–Crippen LogP) is 5.44. The molecule has 4 heteroatoms. The van der Waals surface area contributed by atoms with Gasteiger partial charge in [0.15, 0.2) is 0 Å². The molecule has 0 fully saturated rings. The minimum absolute atomic E-state index is 0.316. The molecule has 0 aliphatic rings. The number of anilines is 1. The van der Waals surface area contributed by atoms with Crippen LogP contribution in [0.4, 0.5) is 5.82 Å². The van der Waals surface area contributed by atoms with E-state index in [9.17, 15) is 0 Å². The summed E-state index contributed by atoms with van der Waals surface area (Å²) >= 11 is 0. The molecule has 0 aliphatic carbocycles. The Hall–Kier alpha value is -2.36. The zero-order valence-corrected chi connectivity index (χ0v) is 16.1. The number of hydrogen-bond donors (Lipinski definition) is 2. The van der Waals surface area contributed by atoms with Crippen LogP contribution in [-0.2, 0) is 6.42 Å². The lowest BCUT2D eigenvalue weighted by Gasteiger charge is -2.18. The summed E-state index contributed by atoms with van der Waals surface area (Å²) in [4.78, 5) is 13.2. The van der Waals surface area contributed by atoms with Gasteiger partial charge in [-0.1, -0.05) is 20.8 Å². The van der Waals surface area contributed by atoms with Crippen LogP contribution >= 0.6 is 0 Å². The van der Waals surface area contributed by atoms with E-state index < -0.39 is 0 Å². The van der Waals surface area contributed by atoms with Crippen molar-refractivity contribution >= 4 is 16.9 Å². The molecule has 0 amide bonds. The summed E-state index contributed by atoms with van der Waals surface area (Å²) < 4.78 is 0. The first-order chi connectivity index (χ1) is 11.9. The van der Waals surface area contributed by atoms with Gasteiger partial charge in [-0.2, -0.15) is 0 Å². The lowest BCUT2D eigenvalue weighted by molar-refractivity contribution is 0.815. The van der Waals surface area contributed by atoms with Crippen molar-refractivity contribution in [3.8, 4) is 11.3 Å². The molecule has 0 saturated heterocycles. The second-order valence-corrected chi connectivity index (χ2v) is 7.30. The Morgan fingerprint density at radius 1 is 1.12 bits per heavy atom. The number of pyridine rings is 2. The fourth-order valence-corrected chi connectivity index (χ4v) is 3.09. The van der Waals surface area contributed by atoms with Gasteiger partial charge >= 0.3 is 0 Å². The summed E-state index contributed by atoms with van der Waals surface area (Å²) in [7, 11) is 0. The largest absolute Gasteiger partial charge is 0.367 e. The van der Waals surface area contributed by atoms with Crippen LogP contribution < -0.4 is 5.32 Å². The molecule has 3 aromatic heterocycles. The number of aryl methyl sites for hydroxylation is 2. The second-order valence-electron chi connectivity index (χ2n) is 7.30. The Labute approximate surface area is 150 Å². The Morgan fingerprint density at radius 2 is 1.88 bits per heavy atom. The Morgan fingerprint density at radius 3 is 2.52 bits per heavy atom. The first-order valence-electron chi connectivity index (χ1n) is 9.16. The summed E-state index contributed by atoms with van der Waals surface area (Å²) in [5, 5.41) is 3.52. The van der Waals surface area contributed by atoms with E-state index in [1.807, 2.05) is 6.20 Å². The van der Waals surface area contributed by atoms with Crippen LogP contribution in [0.15, 0.2) is 24.4 Å². The van der Waals surface area contributed by atoms with Crippen LogP contribution in [0.3, 0.4) is 0 Å². The molecule has 0 aliphatic heterocycles. The molecule has 0 unspecified atom stereocenters. The smallest absolute Gasteiger partial charge is 0.135 e. The third-order valence-corrected chi connectivity index (χ3v) is 4.49. The number of rotatable bonds is 5. The number of fused-ring (bicyclic) bond motifs is 1. The average Bonchev–Trinajstić information content (AvgIpc) is 2.93. The number of aromatic amines is 1. The highest BCUT2D eigenvalue weighted by atomic mass is 15.0. The molecule has 0 aromatic carbocycles. The van der Waals surface area contributed by atoms with Gasteiger partial charge in [0.1, 0.15) is 5.82 Å². The van der Waals surface area contributed by atoms with Crippen LogP contribution in [0.5, 0.6) is 0 Å². The van der Waals surface area contributed by atoms with E-state index in [0.29, 0.717) is 12.0 Å². The molecule has 0 atom stereocenters. The molecule has 3 aromatic rings. The first kappa shape index (κ1) is 17.5. The van der Waals surface area contributed by atoms with Crippen molar-refractivity contribution in [3.63, 3.8) is 0 Å². The van der Waals surface area contributed by atoms with Gasteiger partial charge < -0.3 is 10.3 Å². The Kier molecular flexibility index (Phi) is 4.80.